The van der Waals surface area contributed by atoms with Gasteiger partial charge in [0.15, 0.2) is 0 Å². The van der Waals surface area contributed by atoms with Crippen molar-refractivity contribution >= 4 is 5.91 Å². The predicted octanol–water partition coefficient (Wildman–Crippen LogP) is 2.39. The van der Waals surface area contributed by atoms with Gasteiger partial charge in [0.2, 0.25) is 0 Å². The van der Waals surface area contributed by atoms with Crippen molar-refractivity contribution in [1.29, 1.82) is 0 Å². The number of aromatic nitrogens is 1. The fraction of sp³-hybridized carbons (Fsp3) is 0.400. The number of benzene rings is 1. The third kappa shape index (κ3) is 3.66. The molecular formula is C20H22N2O3. The number of rotatable bonds is 4. The lowest BCUT2D eigenvalue weighted by atomic mass is 9.95. The fourth-order valence-electron chi connectivity index (χ4n) is 3.53. The Hall–Kier alpha value is -2.40. The van der Waals surface area contributed by atoms with E-state index in [4.69, 9.17) is 9.47 Å². The first-order valence-corrected chi connectivity index (χ1v) is 8.83. The molecule has 0 unspecified atom stereocenters. The summed E-state index contributed by atoms with van der Waals surface area (Å²) in [4.78, 5) is 16.7. The van der Waals surface area contributed by atoms with E-state index in [0.29, 0.717) is 18.8 Å². The molecule has 1 saturated heterocycles. The van der Waals surface area contributed by atoms with E-state index in [1.165, 1.54) is 5.56 Å². The molecule has 0 aliphatic carbocycles. The van der Waals surface area contributed by atoms with E-state index in [9.17, 15) is 4.79 Å². The van der Waals surface area contributed by atoms with Crippen LogP contribution in [0.15, 0.2) is 42.7 Å². The second-order valence-electron chi connectivity index (χ2n) is 6.71. The first kappa shape index (κ1) is 16.1. The Morgan fingerprint density at radius 3 is 2.96 bits per heavy atom. The summed E-state index contributed by atoms with van der Waals surface area (Å²) in [6, 6.07) is 9.77. The summed E-state index contributed by atoms with van der Waals surface area (Å²) in [5.74, 6) is 1.15. The topological polar surface area (TPSA) is 60.5 Å². The van der Waals surface area contributed by atoms with Crippen molar-refractivity contribution in [3.63, 3.8) is 0 Å². The van der Waals surface area contributed by atoms with Crippen LogP contribution in [0, 0.1) is 5.92 Å². The van der Waals surface area contributed by atoms with Crippen LogP contribution in [-0.2, 0) is 17.6 Å². The zero-order valence-corrected chi connectivity index (χ0v) is 14.1. The number of hydrogen-bond donors (Lipinski definition) is 1. The standard InChI is InChI=1S/C20H22N2O3/c23-20(16-3-4-19-15(11-16)2-1-9-25-19)22-18-13-24-12-17(18)10-14-5-7-21-8-6-14/h3-8,11,17-18H,1-2,9-10,12-13H2,(H,22,23)/t17-,18-/m1/s1. The van der Waals surface area contributed by atoms with Crippen LogP contribution in [0.2, 0.25) is 0 Å². The van der Waals surface area contributed by atoms with E-state index < -0.39 is 0 Å². The number of fused-ring (bicyclic) bond motifs is 1. The molecule has 5 nitrogen and oxygen atoms in total. The van der Waals surface area contributed by atoms with Crippen LogP contribution in [0.25, 0.3) is 0 Å². The van der Waals surface area contributed by atoms with Crippen LogP contribution in [0.4, 0.5) is 0 Å². The van der Waals surface area contributed by atoms with Crippen LogP contribution in [-0.4, -0.2) is 36.8 Å². The van der Waals surface area contributed by atoms with Crippen LogP contribution in [0.5, 0.6) is 5.75 Å². The molecule has 1 aromatic carbocycles. The minimum Gasteiger partial charge on any atom is -0.493 e. The van der Waals surface area contributed by atoms with Crippen molar-refractivity contribution in [3.8, 4) is 5.75 Å². The molecule has 1 amide bonds. The summed E-state index contributed by atoms with van der Waals surface area (Å²) >= 11 is 0. The first-order valence-electron chi connectivity index (χ1n) is 8.83. The number of ether oxygens (including phenoxy) is 2. The summed E-state index contributed by atoms with van der Waals surface area (Å²) in [6.45, 7) is 2.00. The normalized spacial score (nSPS) is 22.1. The molecule has 1 aromatic heterocycles. The molecule has 5 heteroatoms. The molecule has 2 aliphatic rings. The van der Waals surface area contributed by atoms with Crippen LogP contribution in [0.1, 0.15) is 27.9 Å². The molecule has 3 heterocycles. The van der Waals surface area contributed by atoms with Gasteiger partial charge in [-0.15, -0.1) is 0 Å². The zero-order valence-electron chi connectivity index (χ0n) is 14.1. The van der Waals surface area contributed by atoms with Gasteiger partial charge in [0.1, 0.15) is 5.75 Å². The highest BCUT2D eigenvalue weighted by Crippen LogP contribution is 2.26. The molecule has 1 N–H and O–H groups in total. The zero-order chi connectivity index (χ0) is 17.1. The molecule has 2 aliphatic heterocycles. The Balaban J connectivity index is 1.43. The summed E-state index contributed by atoms with van der Waals surface area (Å²) in [7, 11) is 0. The van der Waals surface area contributed by atoms with Gasteiger partial charge in [-0.1, -0.05) is 0 Å². The Morgan fingerprint density at radius 2 is 2.08 bits per heavy atom. The van der Waals surface area contributed by atoms with Gasteiger partial charge in [0.05, 0.1) is 25.9 Å². The van der Waals surface area contributed by atoms with Crippen LogP contribution in [0.3, 0.4) is 0 Å². The maximum atomic E-state index is 12.7. The minimum atomic E-state index is -0.0383. The Kier molecular flexibility index (Phi) is 4.65. The summed E-state index contributed by atoms with van der Waals surface area (Å²) in [5, 5.41) is 3.15. The van der Waals surface area contributed by atoms with Crippen molar-refractivity contribution < 1.29 is 14.3 Å². The lowest BCUT2D eigenvalue weighted by Crippen LogP contribution is -2.40. The lowest BCUT2D eigenvalue weighted by molar-refractivity contribution is 0.0925. The van der Waals surface area contributed by atoms with Gasteiger partial charge in [-0.05, 0) is 60.7 Å². The van der Waals surface area contributed by atoms with Gasteiger partial charge >= 0.3 is 0 Å². The fourth-order valence-corrected chi connectivity index (χ4v) is 3.53. The van der Waals surface area contributed by atoms with Gasteiger partial charge in [-0.25, -0.2) is 0 Å². The monoisotopic (exact) mass is 338 g/mol. The average Bonchev–Trinajstić information content (AvgIpc) is 3.08. The number of aryl methyl sites for hydroxylation is 1. The second-order valence-corrected chi connectivity index (χ2v) is 6.71. The van der Waals surface area contributed by atoms with Crippen LogP contribution < -0.4 is 10.1 Å². The average molecular weight is 338 g/mol. The third-order valence-electron chi connectivity index (χ3n) is 4.93. The van der Waals surface area contributed by atoms with E-state index in [2.05, 4.69) is 10.3 Å². The first-order chi connectivity index (χ1) is 12.3. The maximum absolute atomic E-state index is 12.7. The number of nitrogens with zero attached hydrogens (tertiary/aromatic N) is 1. The van der Waals surface area contributed by atoms with E-state index in [0.717, 1.165) is 37.2 Å². The van der Waals surface area contributed by atoms with Gasteiger partial charge in [-0.2, -0.15) is 0 Å². The van der Waals surface area contributed by atoms with Gasteiger partial charge in [0, 0.05) is 23.9 Å². The molecule has 0 radical (unpaired) electrons. The van der Waals surface area contributed by atoms with Crippen molar-refractivity contribution in [3.05, 3.63) is 59.4 Å². The Bertz CT molecular complexity index is 748. The molecule has 25 heavy (non-hydrogen) atoms. The third-order valence-corrected chi connectivity index (χ3v) is 4.93. The van der Waals surface area contributed by atoms with Gasteiger partial charge < -0.3 is 14.8 Å². The van der Waals surface area contributed by atoms with E-state index in [-0.39, 0.29) is 17.9 Å². The molecule has 4 rings (SSSR count). The van der Waals surface area contributed by atoms with Crippen LogP contribution >= 0.6 is 0 Å². The van der Waals surface area contributed by atoms with E-state index in [1.807, 2.05) is 30.3 Å². The summed E-state index contributed by atoms with van der Waals surface area (Å²) in [6.07, 6.45) is 6.45. The molecule has 0 saturated carbocycles. The smallest absolute Gasteiger partial charge is 0.251 e. The number of pyridine rings is 1. The van der Waals surface area contributed by atoms with E-state index in [1.54, 1.807) is 12.4 Å². The predicted molar refractivity (Wildman–Crippen MR) is 93.8 cm³/mol. The Morgan fingerprint density at radius 1 is 1.20 bits per heavy atom. The van der Waals surface area contributed by atoms with Crippen molar-refractivity contribution in [1.82, 2.24) is 10.3 Å². The molecule has 0 bridgehead atoms. The molecule has 2 atom stereocenters. The molecule has 130 valence electrons. The number of nitrogens with one attached hydrogen (secondary N) is 1. The number of amides is 1. The highest BCUT2D eigenvalue weighted by molar-refractivity contribution is 5.94. The van der Waals surface area contributed by atoms with E-state index >= 15 is 0 Å². The molecular weight excluding hydrogens is 316 g/mol. The highest BCUT2D eigenvalue weighted by atomic mass is 16.5. The SMILES string of the molecule is O=C(N[C@@H]1COC[C@H]1Cc1ccncc1)c1ccc2c(c1)CCCO2. The number of hydrogen-bond acceptors (Lipinski definition) is 4. The Labute approximate surface area is 147 Å². The minimum absolute atomic E-state index is 0.0351. The molecule has 0 spiro atoms. The van der Waals surface area contributed by atoms with Gasteiger partial charge in [0.25, 0.3) is 5.91 Å². The summed E-state index contributed by atoms with van der Waals surface area (Å²) < 4.78 is 11.2. The van der Waals surface area contributed by atoms with Crippen molar-refractivity contribution in [2.45, 2.75) is 25.3 Å². The lowest BCUT2D eigenvalue weighted by Gasteiger charge is -2.21. The van der Waals surface area contributed by atoms with Crippen molar-refractivity contribution in [2.24, 2.45) is 5.92 Å². The summed E-state index contributed by atoms with van der Waals surface area (Å²) in [5.41, 5.74) is 3.03. The number of carbonyl (C=O) groups is 1. The molecule has 1 fully saturated rings. The maximum Gasteiger partial charge on any atom is 0.251 e. The highest BCUT2D eigenvalue weighted by Gasteiger charge is 2.30. The quantitative estimate of drug-likeness (QED) is 0.930. The molecule has 2 aromatic rings. The second kappa shape index (κ2) is 7.23. The van der Waals surface area contributed by atoms with Crippen molar-refractivity contribution in [2.75, 3.05) is 19.8 Å². The van der Waals surface area contributed by atoms with Gasteiger partial charge in [-0.3, -0.25) is 9.78 Å². The largest absolute Gasteiger partial charge is 0.493 e. The number of carbonyl (C=O) groups excluding carboxylic acids is 1.